The molecule has 6 heteroatoms. The van der Waals surface area contributed by atoms with Crippen LogP contribution in [0.2, 0.25) is 5.02 Å². The van der Waals surface area contributed by atoms with E-state index in [0.29, 0.717) is 10.8 Å². The van der Waals surface area contributed by atoms with Gasteiger partial charge in [0, 0.05) is 5.02 Å². The second kappa shape index (κ2) is 5.76. The van der Waals surface area contributed by atoms with Crippen molar-refractivity contribution < 1.29 is 4.79 Å². The third-order valence-corrected chi connectivity index (χ3v) is 4.46. The van der Waals surface area contributed by atoms with E-state index in [1.54, 1.807) is 11.2 Å². The van der Waals surface area contributed by atoms with Gasteiger partial charge in [0.05, 0.1) is 23.5 Å². The standard InChI is InChI=1S/C18H15ClN4O/c1-2-12-5-3-4-6-14(12)23-16-9-13(19)7-8-15(16)22-11-20-21-17(22)10-18(23)24/h3-9,11H,2,10H2,1H3. The number of aryl methyl sites for hydroxylation is 1. The number of fused-ring (bicyclic) bond motifs is 3. The molecule has 4 rings (SSSR count). The van der Waals surface area contributed by atoms with Gasteiger partial charge in [-0.15, -0.1) is 10.2 Å². The summed E-state index contributed by atoms with van der Waals surface area (Å²) in [6, 6.07) is 13.5. The first-order chi connectivity index (χ1) is 11.7. The highest BCUT2D eigenvalue weighted by Crippen LogP contribution is 2.37. The summed E-state index contributed by atoms with van der Waals surface area (Å²) in [5, 5.41) is 8.61. The van der Waals surface area contributed by atoms with Crippen LogP contribution in [-0.4, -0.2) is 20.7 Å². The van der Waals surface area contributed by atoms with E-state index in [1.807, 2.05) is 47.0 Å². The lowest BCUT2D eigenvalue weighted by Crippen LogP contribution is -2.27. The van der Waals surface area contributed by atoms with Crippen LogP contribution in [0.3, 0.4) is 0 Å². The molecule has 0 bridgehead atoms. The summed E-state index contributed by atoms with van der Waals surface area (Å²) in [5.74, 6) is 0.575. The summed E-state index contributed by atoms with van der Waals surface area (Å²) in [6.07, 6.45) is 2.65. The normalized spacial score (nSPS) is 13.4. The smallest absolute Gasteiger partial charge is 0.239 e. The number of nitrogens with zero attached hydrogens (tertiary/aromatic N) is 4. The zero-order valence-corrected chi connectivity index (χ0v) is 13.9. The third-order valence-electron chi connectivity index (χ3n) is 4.23. The van der Waals surface area contributed by atoms with Gasteiger partial charge >= 0.3 is 0 Å². The Morgan fingerprint density at radius 3 is 2.79 bits per heavy atom. The molecular weight excluding hydrogens is 324 g/mol. The van der Waals surface area contributed by atoms with Crippen molar-refractivity contribution >= 4 is 28.9 Å². The van der Waals surface area contributed by atoms with Gasteiger partial charge in [-0.05, 0) is 36.2 Å². The van der Waals surface area contributed by atoms with E-state index in [0.717, 1.165) is 29.0 Å². The molecule has 2 aromatic carbocycles. The first kappa shape index (κ1) is 14.9. The fourth-order valence-corrected chi connectivity index (χ4v) is 3.27. The van der Waals surface area contributed by atoms with E-state index in [1.165, 1.54) is 0 Å². The Bertz CT molecular complexity index is 934. The van der Waals surface area contributed by atoms with Crippen LogP contribution < -0.4 is 4.90 Å². The van der Waals surface area contributed by atoms with Crippen LogP contribution in [0, 0.1) is 0 Å². The molecule has 0 radical (unpaired) electrons. The molecule has 0 N–H and O–H groups in total. The van der Waals surface area contributed by atoms with Crippen LogP contribution in [0.5, 0.6) is 0 Å². The van der Waals surface area contributed by atoms with E-state index in [9.17, 15) is 4.79 Å². The van der Waals surface area contributed by atoms with Gasteiger partial charge in [0.25, 0.3) is 0 Å². The topological polar surface area (TPSA) is 51.0 Å². The first-order valence-corrected chi connectivity index (χ1v) is 8.16. The minimum atomic E-state index is -0.0498. The first-order valence-electron chi connectivity index (χ1n) is 7.78. The van der Waals surface area contributed by atoms with E-state index in [-0.39, 0.29) is 12.3 Å². The summed E-state index contributed by atoms with van der Waals surface area (Å²) in [7, 11) is 0. The molecule has 0 fully saturated rings. The number of hydrogen-bond acceptors (Lipinski definition) is 3. The molecule has 3 aromatic rings. The van der Waals surface area contributed by atoms with Crippen LogP contribution in [0.25, 0.3) is 5.69 Å². The van der Waals surface area contributed by atoms with Crippen molar-refractivity contribution in [3.63, 3.8) is 0 Å². The Balaban J connectivity index is 2.00. The second-order valence-corrected chi connectivity index (χ2v) is 6.07. The number of hydrogen-bond donors (Lipinski definition) is 0. The number of anilines is 2. The van der Waals surface area contributed by atoms with Gasteiger partial charge in [-0.25, -0.2) is 0 Å². The second-order valence-electron chi connectivity index (χ2n) is 5.64. The van der Waals surface area contributed by atoms with Crippen LogP contribution in [0.1, 0.15) is 18.3 Å². The number of para-hydroxylation sites is 1. The summed E-state index contributed by atoms with van der Waals surface area (Å²) < 4.78 is 1.85. The Morgan fingerprint density at radius 2 is 1.96 bits per heavy atom. The molecule has 2 heterocycles. The summed E-state index contributed by atoms with van der Waals surface area (Å²) in [6.45, 7) is 2.08. The van der Waals surface area contributed by atoms with E-state index < -0.39 is 0 Å². The molecule has 1 aliphatic heterocycles. The zero-order chi connectivity index (χ0) is 16.7. The largest absolute Gasteiger partial charge is 0.283 e. The number of aromatic nitrogens is 3. The number of rotatable bonds is 2. The van der Waals surface area contributed by atoms with Gasteiger partial charge in [0.2, 0.25) is 5.91 Å². The number of benzene rings is 2. The Labute approximate surface area is 144 Å². The third kappa shape index (κ3) is 2.29. The van der Waals surface area contributed by atoms with E-state index >= 15 is 0 Å². The maximum atomic E-state index is 13.0. The van der Waals surface area contributed by atoms with Crippen LogP contribution in [0.15, 0.2) is 48.8 Å². The van der Waals surface area contributed by atoms with Gasteiger partial charge in [0.1, 0.15) is 12.2 Å². The molecule has 24 heavy (non-hydrogen) atoms. The average molecular weight is 339 g/mol. The molecule has 1 aliphatic rings. The van der Waals surface area contributed by atoms with Crippen molar-refractivity contribution in [1.82, 2.24) is 14.8 Å². The molecule has 0 saturated carbocycles. The van der Waals surface area contributed by atoms with E-state index in [2.05, 4.69) is 17.1 Å². The number of carbonyl (C=O) groups is 1. The fraction of sp³-hybridized carbons (Fsp3) is 0.167. The van der Waals surface area contributed by atoms with Gasteiger partial charge < -0.3 is 0 Å². The molecule has 0 aliphatic carbocycles. The average Bonchev–Trinajstić information content (AvgIpc) is 2.99. The molecule has 5 nitrogen and oxygen atoms in total. The van der Waals surface area contributed by atoms with Crippen molar-refractivity contribution in [3.8, 4) is 5.69 Å². The SMILES string of the molecule is CCc1ccccc1N1C(=O)Cc2nncn2-c2ccc(Cl)cc21. The van der Waals surface area contributed by atoms with Crippen molar-refractivity contribution in [1.29, 1.82) is 0 Å². The van der Waals surface area contributed by atoms with Crippen molar-refractivity contribution in [2.45, 2.75) is 19.8 Å². The minimum absolute atomic E-state index is 0.0498. The molecule has 1 aromatic heterocycles. The maximum absolute atomic E-state index is 13.0. The number of amides is 1. The summed E-state index contributed by atoms with van der Waals surface area (Å²) in [4.78, 5) is 14.8. The van der Waals surface area contributed by atoms with Gasteiger partial charge in [0.15, 0.2) is 0 Å². The molecular formula is C18H15ClN4O. The van der Waals surface area contributed by atoms with Crippen LogP contribution in [0.4, 0.5) is 11.4 Å². The summed E-state index contributed by atoms with van der Waals surface area (Å²) in [5.41, 5.74) is 3.57. The number of carbonyl (C=O) groups excluding carboxylic acids is 1. The lowest BCUT2D eigenvalue weighted by molar-refractivity contribution is -0.117. The predicted molar refractivity (Wildman–Crippen MR) is 93.0 cm³/mol. The van der Waals surface area contributed by atoms with Crippen molar-refractivity contribution in [2.75, 3.05) is 4.90 Å². The lowest BCUT2D eigenvalue weighted by Gasteiger charge is -2.25. The van der Waals surface area contributed by atoms with Gasteiger partial charge in [-0.3, -0.25) is 14.3 Å². The highest BCUT2D eigenvalue weighted by molar-refractivity contribution is 6.31. The van der Waals surface area contributed by atoms with Gasteiger partial charge in [-0.2, -0.15) is 0 Å². The molecule has 0 atom stereocenters. The zero-order valence-electron chi connectivity index (χ0n) is 13.1. The van der Waals surface area contributed by atoms with E-state index in [4.69, 9.17) is 11.6 Å². The molecule has 1 amide bonds. The molecule has 120 valence electrons. The predicted octanol–water partition coefficient (Wildman–Crippen LogP) is 3.70. The monoisotopic (exact) mass is 338 g/mol. The highest BCUT2D eigenvalue weighted by atomic mass is 35.5. The lowest BCUT2D eigenvalue weighted by atomic mass is 10.1. The Morgan fingerprint density at radius 1 is 1.12 bits per heavy atom. The highest BCUT2D eigenvalue weighted by Gasteiger charge is 2.29. The van der Waals surface area contributed by atoms with Crippen LogP contribution in [-0.2, 0) is 17.6 Å². The van der Waals surface area contributed by atoms with Crippen molar-refractivity contribution in [3.05, 3.63) is 65.2 Å². The fourth-order valence-electron chi connectivity index (χ4n) is 3.10. The molecule has 0 spiro atoms. The quantitative estimate of drug-likeness (QED) is 0.715. The number of halogens is 1. The van der Waals surface area contributed by atoms with Crippen molar-refractivity contribution in [2.24, 2.45) is 0 Å². The molecule has 0 unspecified atom stereocenters. The minimum Gasteiger partial charge on any atom is -0.283 e. The van der Waals surface area contributed by atoms with Gasteiger partial charge in [-0.1, -0.05) is 36.7 Å². The Kier molecular flexibility index (Phi) is 3.58. The summed E-state index contributed by atoms with van der Waals surface area (Å²) >= 11 is 6.23. The molecule has 0 saturated heterocycles. The maximum Gasteiger partial charge on any atom is 0.239 e. The Hall–Kier alpha value is -2.66. The van der Waals surface area contributed by atoms with Crippen LogP contribution >= 0.6 is 11.6 Å².